The van der Waals surface area contributed by atoms with Crippen molar-refractivity contribution in [3.63, 3.8) is 0 Å². The molecule has 0 spiro atoms. The largest absolute Gasteiger partial charge is 0.399 e. The Morgan fingerprint density at radius 3 is 2.47 bits per heavy atom. The van der Waals surface area contributed by atoms with Crippen molar-refractivity contribution in [3.05, 3.63) is 58.9 Å². The number of nitrogen functional groups attached to an aromatic ring is 1. The highest BCUT2D eigenvalue weighted by Gasteiger charge is 2.13. The predicted octanol–water partition coefficient (Wildman–Crippen LogP) is 3.87. The molecule has 0 radical (unpaired) electrons. The first-order chi connectivity index (χ1) is 8.99. The molecule has 0 fully saturated rings. The zero-order chi connectivity index (χ0) is 14.0. The van der Waals surface area contributed by atoms with Crippen molar-refractivity contribution in [2.45, 2.75) is 0 Å². The van der Waals surface area contributed by atoms with Gasteiger partial charge in [-0.25, -0.2) is 4.39 Å². The summed E-state index contributed by atoms with van der Waals surface area (Å²) in [7, 11) is 1.80. The minimum Gasteiger partial charge on any atom is -0.399 e. The zero-order valence-corrected chi connectivity index (χ0v) is 11.8. The Morgan fingerprint density at radius 2 is 1.84 bits per heavy atom. The molecule has 0 saturated heterocycles. The van der Waals surface area contributed by atoms with Crippen LogP contribution in [0.5, 0.6) is 0 Å². The van der Waals surface area contributed by atoms with E-state index >= 15 is 0 Å². The third-order valence-electron chi connectivity index (χ3n) is 2.74. The molecule has 0 heterocycles. The lowest BCUT2D eigenvalue weighted by Crippen LogP contribution is -2.25. The first kappa shape index (κ1) is 13.8. The van der Waals surface area contributed by atoms with Crippen molar-refractivity contribution in [2.75, 3.05) is 17.7 Å². The summed E-state index contributed by atoms with van der Waals surface area (Å²) in [6, 6.07) is 11.2. The van der Waals surface area contributed by atoms with Gasteiger partial charge in [0.15, 0.2) is 0 Å². The Balaban J connectivity index is 2.33. The number of hydrogen-bond donors (Lipinski definition) is 1. The first-order valence-electron chi connectivity index (χ1n) is 5.57. The number of nitrogens with two attached hydrogens (primary N) is 1. The standard InChI is InChI=1S/C14H12ClFN2S/c1-18(11-5-2-9(16)3-6-11)14(19)12-8-10(17)4-7-13(12)15/h2-8H,17H2,1H3. The molecule has 0 atom stereocenters. The third-order valence-corrected chi connectivity index (χ3v) is 3.56. The van der Waals surface area contributed by atoms with E-state index in [2.05, 4.69) is 0 Å². The lowest BCUT2D eigenvalue weighted by molar-refractivity contribution is 0.628. The van der Waals surface area contributed by atoms with Crippen LogP contribution in [0.15, 0.2) is 42.5 Å². The van der Waals surface area contributed by atoms with Crippen molar-refractivity contribution in [1.82, 2.24) is 0 Å². The van der Waals surface area contributed by atoms with E-state index in [1.54, 1.807) is 42.3 Å². The van der Waals surface area contributed by atoms with E-state index in [1.807, 2.05) is 0 Å². The molecule has 5 heteroatoms. The fourth-order valence-electron chi connectivity index (χ4n) is 1.67. The molecular weight excluding hydrogens is 283 g/mol. The summed E-state index contributed by atoms with van der Waals surface area (Å²) in [5.74, 6) is -0.287. The van der Waals surface area contributed by atoms with Gasteiger partial charge in [-0.2, -0.15) is 0 Å². The van der Waals surface area contributed by atoms with Gasteiger partial charge in [0.1, 0.15) is 10.8 Å². The molecule has 2 N–H and O–H groups in total. The SMILES string of the molecule is CN(C(=S)c1cc(N)ccc1Cl)c1ccc(F)cc1. The Hall–Kier alpha value is -1.65. The Kier molecular flexibility index (Phi) is 4.02. The maximum absolute atomic E-state index is 12.9. The highest BCUT2D eigenvalue weighted by molar-refractivity contribution is 7.81. The fraction of sp³-hybridized carbons (Fsp3) is 0.0714. The van der Waals surface area contributed by atoms with Gasteiger partial charge in [0.2, 0.25) is 0 Å². The molecule has 2 aromatic carbocycles. The minimum absolute atomic E-state index is 0.287. The second-order valence-corrected chi connectivity index (χ2v) is 4.87. The summed E-state index contributed by atoms with van der Waals surface area (Å²) in [6.07, 6.45) is 0. The Labute approximate surface area is 121 Å². The minimum atomic E-state index is -0.287. The van der Waals surface area contributed by atoms with Crippen LogP contribution in [0.25, 0.3) is 0 Å². The van der Waals surface area contributed by atoms with Crippen LogP contribution in [0.1, 0.15) is 5.56 Å². The molecule has 0 aliphatic heterocycles. The topological polar surface area (TPSA) is 29.3 Å². The van der Waals surface area contributed by atoms with Crippen LogP contribution in [0, 0.1) is 5.82 Å². The highest BCUT2D eigenvalue weighted by atomic mass is 35.5. The molecule has 98 valence electrons. The third kappa shape index (κ3) is 3.03. The summed E-state index contributed by atoms with van der Waals surface area (Å²) < 4.78 is 12.9. The molecule has 0 amide bonds. The number of anilines is 2. The lowest BCUT2D eigenvalue weighted by atomic mass is 10.1. The first-order valence-corrected chi connectivity index (χ1v) is 6.36. The number of rotatable bonds is 2. The van der Waals surface area contributed by atoms with Gasteiger partial charge >= 0.3 is 0 Å². The second kappa shape index (κ2) is 5.55. The molecule has 0 bridgehead atoms. The molecule has 0 unspecified atom stereocenters. The van der Waals surface area contributed by atoms with Crippen LogP contribution in [-0.4, -0.2) is 12.0 Å². The van der Waals surface area contributed by atoms with E-state index in [4.69, 9.17) is 29.6 Å². The molecule has 0 aliphatic carbocycles. The van der Waals surface area contributed by atoms with Gasteiger partial charge in [0, 0.05) is 24.0 Å². The molecular formula is C14H12ClFN2S. The molecule has 0 aromatic heterocycles. The Morgan fingerprint density at radius 1 is 1.21 bits per heavy atom. The van der Waals surface area contributed by atoms with E-state index in [0.29, 0.717) is 21.3 Å². The van der Waals surface area contributed by atoms with Crippen molar-refractivity contribution < 1.29 is 4.39 Å². The van der Waals surface area contributed by atoms with Crippen LogP contribution < -0.4 is 10.6 Å². The van der Waals surface area contributed by atoms with Crippen molar-refractivity contribution in [1.29, 1.82) is 0 Å². The fourth-order valence-corrected chi connectivity index (χ4v) is 2.21. The molecule has 0 saturated carbocycles. The van der Waals surface area contributed by atoms with Gasteiger partial charge in [-0.05, 0) is 42.5 Å². The number of thiocarbonyl (C=S) groups is 1. The van der Waals surface area contributed by atoms with Crippen LogP contribution in [-0.2, 0) is 0 Å². The maximum atomic E-state index is 12.9. The molecule has 2 nitrogen and oxygen atoms in total. The number of hydrogen-bond acceptors (Lipinski definition) is 2. The van der Waals surface area contributed by atoms with Gasteiger partial charge in [-0.3, -0.25) is 0 Å². The second-order valence-electron chi connectivity index (χ2n) is 4.08. The van der Waals surface area contributed by atoms with E-state index < -0.39 is 0 Å². The molecule has 0 aliphatic rings. The van der Waals surface area contributed by atoms with Crippen LogP contribution >= 0.6 is 23.8 Å². The van der Waals surface area contributed by atoms with Crippen LogP contribution in [0.3, 0.4) is 0 Å². The maximum Gasteiger partial charge on any atom is 0.123 e. The van der Waals surface area contributed by atoms with E-state index in [0.717, 1.165) is 5.69 Å². The van der Waals surface area contributed by atoms with E-state index in [-0.39, 0.29) is 5.82 Å². The average Bonchev–Trinajstić information content (AvgIpc) is 2.41. The summed E-state index contributed by atoms with van der Waals surface area (Å²) in [5, 5.41) is 0.535. The van der Waals surface area contributed by atoms with Gasteiger partial charge in [0.25, 0.3) is 0 Å². The molecule has 2 aromatic rings. The summed E-state index contributed by atoms with van der Waals surface area (Å²) in [6.45, 7) is 0. The summed E-state index contributed by atoms with van der Waals surface area (Å²) in [5.41, 5.74) is 7.80. The number of nitrogens with zero attached hydrogens (tertiary/aromatic N) is 1. The summed E-state index contributed by atoms with van der Waals surface area (Å²) >= 11 is 11.5. The lowest BCUT2D eigenvalue weighted by Gasteiger charge is -2.21. The normalized spacial score (nSPS) is 10.3. The summed E-state index contributed by atoms with van der Waals surface area (Å²) in [4.78, 5) is 2.29. The number of benzene rings is 2. The van der Waals surface area contributed by atoms with E-state index in [1.165, 1.54) is 12.1 Å². The highest BCUT2D eigenvalue weighted by Crippen LogP contribution is 2.23. The quantitative estimate of drug-likeness (QED) is 0.673. The smallest absolute Gasteiger partial charge is 0.123 e. The van der Waals surface area contributed by atoms with Crippen LogP contribution in [0.2, 0.25) is 5.02 Å². The zero-order valence-electron chi connectivity index (χ0n) is 10.2. The number of halogens is 2. The monoisotopic (exact) mass is 294 g/mol. The predicted molar refractivity (Wildman–Crippen MR) is 82.4 cm³/mol. The molecule has 2 rings (SSSR count). The Bertz CT molecular complexity index is 613. The van der Waals surface area contributed by atoms with Crippen LogP contribution in [0.4, 0.5) is 15.8 Å². The van der Waals surface area contributed by atoms with Gasteiger partial charge in [-0.15, -0.1) is 0 Å². The van der Waals surface area contributed by atoms with Crippen molar-refractivity contribution in [2.24, 2.45) is 0 Å². The van der Waals surface area contributed by atoms with Gasteiger partial charge in [0.05, 0.1) is 5.02 Å². The van der Waals surface area contributed by atoms with Crippen molar-refractivity contribution in [3.8, 4) is 0 Å². The van der Waals surface area contributed by atoms with E-state index in [9.17, 15) is 4.39 Å². The van der Waals surface area contributed by atoms with Gasteiger partial charge in [-0.1, -0.05) is 23.8 Å². The van der Waals surface area contributed by atoms with Gasteiger partial charge < -0.3 is 10.6 Å². The average molecular weight is 295 g/mol. The van der Waals surface area contributed by atoms with Crippen molar-refractivity contribution >= 4 is 40.2 Å². The molecule has 19 heavy (non-hydrogen) atoms.